The maximum atomic E-state index is 12.4. The van der Waals surface area contributed by atoms with Crippen LogP contribution in [0.1, 0.15) is 62.8 Å². The zero-order chi connectivity index (χ0) is 15.4. The molecule has 2 aliphatic rings. The summed E-state index contributed by atoms with van der Waals surface area (Å²) in [6.45, 7) is 0. The molecule has 3 nitrogen and oxygen atoms in total. The van der Waals surface area contributed by atoms with Gasteiger partial charge in [-0.2, -0.15) is 0 Å². The standard InChI is InChI=1S/C19H28N2O.ClH/c20-17-11-6-9-15(17)13-19(22)21-18-12-5-4-10-16(18)14-7-2-1-3-8-14;/h1-3,7-8,15-18H,4-6,9-13,20H2,(H,21,22);1H/t15-,16?,17+,18?;/m0./s1. The monoisotopic (exact) mass is 336 g/mol. The van der Waals surface area contributed by atoms with Gasteiger partial charge in [-0.05, 0) is 37.2 Å². The molecule has 2 fully saturated rings. The lowest BCUT2D eigenvalue weighted by atomic mass is 9.80. The number of carbonyl (C=O) groups excluding carboxylic acids is 1. The number of carbonyl (C=O) groups is 1. The summed E-state index contributed by atoms with van der Waals surface area (Å²) >= 11 is 0. The molecule has 0 aliphatic heterocycles. The number of nitrogens with two attached hydrogens (primary N) is 1. The summed E-state index contributed by atoms with van der Waals surface area (Å²) in [5.74, 6) is 1.06. The highest BCUT2D eigenvalue weighted by Crippen LogP contribution is 2.33. The van der Waals surface area contributed by atoms with E-state index in [9.17, 15) is 4.79 Å². The SMILES string of the molecule is Cl.N[C@@H]1CCC[C@H]1CC(=O)NC1CCCCC1c1ccccc1. The summed E-state index contributed by atoms with van der Waals surface area (Å²) in [6.07, 6.45) is 8.74. The molecule has 128 valence electrons. The minimum atomic E-state index is 0. The van der Waals surface area contributed by atoms with Crippen LogP contribution in [-0.4, -0.2) is 18.0 Å². The molecule has 4 heteroatoms. The third-order valence-corrected chi connectivity index (χ3v) is 5.51. The van der Waals surface area contributed by atoms with Crippen molar-refractivity contribution in [3.63, 3.8) is 0 Å². The normalized spacial score (nSPS) is 30.5. The van der Waals surface area contributed by atoms with Gasteiger partial charge in [0.15, 0.2) is 0 Å². The second kappa shape index (κ2) is 8.70. The van der Waals surface area contributed by atoms with Crippen molar-refractivity contribution in [1.82, 2.24) is 5.32 Å². The summed E-state index contributed by atoms with van der Waals surface area (Å²) < 4.78 is 0. The fourth-order valence-corrected chi connectivity index (χ4v) is 4.23. The largest absolute Gasteiger partial charge is 0.353 e. The minimum absolute atomic E-state index is 0. The summed E-state index contributed by atoms with van der Waals surface area (Å²) in [6, 6.07) is 11.2. The van der Waals surface area contributed by atoms with E-state index in [1.165, 1.54) is 31.2 Å². The summed E-state index contributed by atoms with van der Waals surface area (Å²) in [4.78, 5) is 12.4. The van der Waals surface area contributed by atoms with Crippen LogP contribution in [0.5, 0.6) is 0 Å². The first-order valence-electron chi connectivity index (χ1n) is 8.84. The molecule has 0 saturated heterocycles. The molecule has 1 aromatic carbocycles. The molecule has 1 amide bonds. The fraction of sp³-hybridized carbons (Fsp3) is 0.632. The number of halogens is 1. The van der Waals surface area contributed by atoms with E-state index in [0.29, 0.717) is 24.3 Å². The van der Waals surface area contributed by atoms with Crippen LogP contribution in [0.4, 0.5) is 0 Å². The smallest absolute Gasteiger partial charge is 0.220 e. The van der Waals surface area contributed by atoms with E-state index in [1.54, 1.807) is 0 Å². The Morgan fingerprint density at radius 1 is 1.04 bits per heavy atom. The first kappa shape index (κ1) is 18.3. The minimum Gasteiger partial charge on any atom is -0.353 e. The van der Waals surface area contributed by atoms with E-state index in [-0.39, 0.29) is 24.4 Å². The quantitative estimate of drug-likeness (QED) is 0.879. The van der Waals surface area contributed by atoms with Crippen LogP contribution in [0.25, 0.3) is 0 Å². The van der Waals surface area contributed by atoms with Crippen molar-refractivity contribution in [3.05, 3.63) is 35.9 Å². The van der Waals surface area contributed by atoms with E-state index in [0.717, 1.165) is 19.3 Å². The van der Waals surface area contributed by atoms with Gasteiger partial charge < -0.3 is 11.1 Å². The lowest BCUT2D eigenvalue weighted by molar-refractivity contribution is -0.123. The van der Waals surface area contributed by atoms with E-state index >= 15 is 0 Å². The van der Waals surface area contributed by atoms with Gasteiger partial charge in [0.25, 0.3) is 0 Å². The highest BCUT2D eigenvalue weighted by molar-refractivity contribution is 5.85. The number of rotatable bonds is 4. The molecule has 0 aromatic heterocycles. The zero-order valence-electron chi connectivity index (χ0n) is 13.7. The highest BCUT2D eigenvalue weighted by Gasteiger charge is 2.30. The van der Waals surface area contributed by atoms with Crippen molar-refractivity contribution in [1.29, 1.82) is 0 Å². The van der Waals surface area contributed by atoms with Crippen LogP contribution in [0.2, 0.25) is 0 Å². The van der Waals surface area contributed by atoms with Crippen LogP contribution >= 0.6 is 12.4 Å². The molecular formula is C19H29ClN2O. The fourth-order valence-electron chi connectivity index (χ4n) is 4.23. The Bertz CT molecular complexity index is 493. The third kappa shape index (κ3) is 4.71. The van der Waals surface area contributed by atoms with Crippen molar-refractivity contribution in [2.24, 2.45) is 11.7 Å². The first-order valence-corrected chi connectivity index (χ1v) is 8.84. The molecular weight excluding hydrogens is 308 g/mol. The zero-order valence-corrected chi connectivity index (χ0v) is 14.6. The Kier molecular flexibility index (Phi) is 6.91. The van der Waals surface area contributed by atoms with E-state index in [4.69, 9.17) is 5.73 Å². The summed E-state index contributed by atoms with van der Waals surface area (Å²) in [5, 5.41) is 3.32. The molecule has 3 N–H and O–H groups in total. The van der Waals surface area contributed by atoms with Gasteiger partial charge in [-0.25, -0.2) is 0 Å². The van der Waals surface area contributed by atoms with Crippen molar-refractivity contribution in [2.75, 3.05) is 0 Å². The molecule has 0 radical (unpaired) electrons. The molecule has 4 atom stereocenters. The maximum absolute atomic E-state index is 12.4. The van der Waals surface area contributed by atoms with Crippen LogP contribution in [0.3, 0.4) is 0 Å². The third-order valence-electron chi connectivity index (χ3n) is 5.51. The van der Waals surface area contributed by atoms with Crippen molar-refractivity contribution >= 4 is 18.3 Å². The van der Waals surface area contributed by atoms with Crippen molar-refractivity contribution in [2.45, 2.75) is 69.4 Å². The van der Waals surface area contributed by atoms with Gasteiger partial charge in [-0.1, -0.05) is 49.6 Å². The molecule has 2 aliphatic carbocycles. The number of benzene rings is 1. The van der Waals surface area contributed by atoms with Gasteiger partial charge in [-0.15, -0.1) is 12.4 Å². The number of hydrogen-bond donors (Lipinski definition) is 2. The van der Waals surface area contributed by atoms with Gasteiger partial charge in [-0.3, -0.25) is 4.79 Å². The highest BCUT2D eigenvalue weighted by atomic mass is 35.5. The molecule has 2 saturated carbocycles. The van der Waals surface area contributed by atoms with Crippen molar-refractivity contribution < 1.29 is 4.79 Å². The van der Waals surface area contributed by atoms with Crippen LogP contribution in [-0.2, 0) is 4.79 Å². The van der Waals surface area contributed by atoms with E-state index in [1.807, 2.05) is 0 Å². The van der Waals surface area contributed by atoms with Crippen LogP contribution < -0.4 is 11.1 Å². The molecule has 2 unspecified atom stereocenters. The maximum Gasteiger partial charge on any atom is 0.220 e. The second-order valence-corrected chi connectivity index (χ2v) is 7.03. The van der Waals surface area contributed by atoms with Gasteiger partial charge in [0, 0.05) is 24.4 Å². The number of amides is 1. The average Bonchev–Trinajstić information content (AvgIpc) is 2.94. The van der Waals surface area contributed by atoms with E-state index in [2.05, 4.69) is 35.6 Å². The predicted octanol–water partition coefficient (Wildman–Crippen LogP) is 3.77. The number of hydrogen-bond acceptors (Lipinski definition) is 2. The first-order chi connectivity index (χ1) is 10.7. The van der Waals surface area contributed by atoms with Crippen LogP contribution in [0.15, 0.2) is 30.3 Å². The van der Waals surface area contributed by atoms with Gasteiger partial charge in [0.05, 0.1) is 0 Å². The lowest BCUT2D eigenvalue weighted by Crippen LogP contribution is -2.42. The van der Waals surface area contributed by atoms with Crippen molar-refractivity contribution in [3.8, 4) is 0 Å². The summed E-state index contributed by atoms with van der Waals surface area (Å²) in [5.41, 5.74) is 7.46. The average molecular weight is 337 g/mol. The molecule has 1 aromatic rings. The Morgan fingerprint density at radius 3 is 2.48 bits per heavy atom. The Labute approximate surface area is 145 Å². The van der Waals surface area contributed by atoms with E-state index < -0.39 is 0 Å². The Morgan fingerprint density at radius 2 is 1.78 bits per heavy atom. The molecule has 0 spiro atoms. The lowest BCUT2D eigenvalue weighted by Gasteiger charge is -2.33. The molecule has 0 bridgehead atoms. The Hall–Kier alpha value is -1.06. The second-order valence-electron chi connectivity index (χ2n) is 7.03. The molecule has 0 heterocycles. The number of nitrogens with one attached hydrogen (secondary N) is 1. The van der Waals surface area contributed by atoms with Gasteiger partial charge >= 0.3 is 0 Å². The summed E-state index contributed by atoms with van der Waals surface area (Å²) in [7, 11) is 0. The predicted molar refractivity (Wildman–Crippen MR) is 96.8 cm³/mol. The molecule has 23 heavy (non-hydrogen) atoms. The van der Waals surface area contributed by atoms with Crippen LogP contribution in [0, 0.1) is 5.92 Å². The van der Waals surface area contributed by atoms with Gasteiger partial charge in [0.2, 0.25) is 5.91 Å². The Balaban J connectivity index is 0.00000192. The van der Waals surface area contributed by atoms with Gasteiger partial charge in [0.1, 0.15) is 0 Å². The topological polar surface area (TPSA) is 55.1 Å². The molecule has 3 rings (SSSR count).